The predicted molar refractivity (Wildman–Crippen MR) is 78.7 cm³/mol. The Kier molecular flexibility index (Phi) is 4.25. The lowest BCUT2D eigenvalue weighted by Crippen LogP contribution is -2.30. The minimum Gasteiger partial charge on any atom is -0.310 e. The Morgan fingerprint density at radius 3 is 2.75 bits per heavy atom. The van der Waals surface area contributed by atoms with E-state index in [9.17, 15) is 9.59 Å². The highest BCUT2D eigenvalue weighted by molar-refractivity contribution is 5.82. The Bertz CT molecular complexity index is 602. The zero-order chi connectivity index (χ0) is 14.5. The quantitative estimate of drug-likeness (QED) is 0.505. The van der Waals surface area contributed by atoms with Gasteiger partial charge < -0.3 is 5.32 Å². The molecule has 1 aromatic rings. The van der Waals surface area contributed by atoms with Gasteiger partial charge in [-0.15, -0.1) is 0 Å². The molecule has 4 nitrogen and oxygen atoms in total. The van der Waals surface area contributed by atoms with E-state index in [0.717, 1.165) is 17.4 Å². The molecule has 1 amide bonds. The van der Waals surface area contributed by atoms with E-state index in [4.69, 9.17) is 0 Å². The second kappa shape index (κ2) is 6.10. The van der Waals surface area contributed by atoms with Crippen LogP contribution in [0.1, 0.15) is 21.5 Å². The largest absolute Gasteiger partial charge is 0.310 e. The Labute approximate surface area is 117 Å². The molecular formula is C16H16N2O2. The fourth-order valence-corrected chi connectivity index (χ4v) is 2.37. The molecule has 1 aliphatic carbocycles. The van der Waals surface area contributed by atoms with Crippen LogP contribution in [-0.4, -0.2) is 18.9 Å². The third-order valence-corrected chi connectivity index (χ3v) is 3.37. The Morgan fingerprint density at radius 1 is 1.35 bits per heavy atom. The molecular weight excluding hydrogens is 252 g/mol. The number of aliphatic imine (C=N–C) groups is 1. The summed E-state index contributed by atoms with van der Waals surface area (Å²) in [4.78, 5) is 26.7. The summed E-state index contributed by atoms with van der Waals surface area (Å²) < 4.78 is 0. The molecule has 0 saturated carbocycles. The van der Waals surface area contributed by atoms with Crippen LogP contribution in [0.15, 0.2) is 47.7 Å². The van der Waals surface area contributed by atoms with E-state index in [-0.39, 0.29) is 11.8 Å². The van der Waals surface area contributed by atoms with Crippen molar-refractivity contribution in [1.29, 1.82) is 0 Å². The van der Waals surface area contributed by atoms with Gasteiger partial charge in [-0.25, -0.2) is 4.99 Å². The van der Waals surface area contributed by atoms with Crippen molar-refractivity contribution in [2.45, 2.75) is 12.8 Å². The first-order chi connectivity index (χ1) is 9.67. The Hall–Kier alpha value is -2.49. The number of rotatable bonds is 5. The van der Waals surface area contributed by atoms with Gasteiger partial charge in [-0.2, -0.15) is 0 Å². The van der Waals surface area contributed by atoms with Crippen molar-refractivity contribution in [3.8, 4) is 0 Å². The molecule has 20 heavy (non-hydrogen) atoms. The Morgan fingerprint density at radius 2 is 2.10 bits per heavy atom. The smallest absolute Gasteiger partial charge is 0.229 e. The van der Waals surface area contributed by atoms with Gasteiger partial charge in [0.15, 0.2) is 0 Å². The monoisotopic (exact) mass is 268 g/mol. The molecule has 0 spiro atoms. The van der Waals surface area contributed by atoms with Gasteiger partial charge in [-0.1, -0.05) is 24.8 Å². The molecule has 1 N–H and O–H groups in total. The van der Waals surface area contributed by atoms with Gasteiger partial charge in [0.05, 0.1) is 0 Å². The number of fused-ring (bicyclic) bond motifs is 1. The SMILES string of the molecule is C=C/C=C(\N=C)NC(=O)C1Cc2ccc(C=O)cc2C1. The van der Waals surface area contributed by atoms with Crippen LogP contribution < -0.4 is 5.32 Å². The van der Waals surface area contributed by atoms with Crippen LogP contribution in [0.5, 0.6) is 0 Å². The van der Waals surface area contributed by atoms with Crippen LogP contribution in [0.4, 0.5) is 0 Å². The first-order valence-electron chi connectivity index (χ1n) is 6.35. The zero-order valence-electron chi connectivity index (χ0n) is 11.1. The summed E-state index contributed by atoms with van der Waals surface area (Å²) in [6.07, 6.45) is 5.28. The van der Waals surface area contributed by atoms with Crippen molar-refractivity contribution in [3.63, 3.8) is 0 Å². The van der Waals surface area contributed by atoms with Gasteiger partial charge in [0, 0.05) is 11.5 Å². The third kappa shape index (κ3) is 2.91. The number of nitrogens with one attached hydrogen (secondary N) is 1. The number of aldehydes is 1. The first kappa shape index (κ1) is 13.9. The van der Waals surface area contributed by atoms with E-state index in [1.165, 1.54) is 0 Å². The molecule has 1 aromatic carbocycles. The summed E-state index contributed by atoms with van der Waals surface area (Å²) in [5.41, 5.74) is 2.83. The lowest BCUT2D eigenvalue weighted by atomic mass is 10.1. The normalized spacial score (nSPS) is 17.2. The maximum atomic E-state index is 12.2. The molecule has 4 heteroatoms. The molecule has 0 saturated heterocycles. The van der Waals surface area contributed by atoms with Crippen LogP contribution in [0.25, 0.3) is 0 Å². The van der Waals surface area contributed by atoms with Gasteiger partial charge >= 0.3 is 0 Å². The summed E-state index contributed by atoms with van der Waals surface area (Å²) in [5, 5.41) is 2.73. The zero-order valence-corrected chi connectivity index (χ0v) is 11.1. The van der Waals surface area contributed by atoms with Crippen LogP contribution >= 0.6 is 0 Å². The second-order valence-corrected chi connectivity index (χ2v) is 4.69. The number of carbonyl (C=O) groups excluding carboxylic acids is 2. The van der Waals surface area contributed by atoms with Gasteiger partial charge in [0.2, 0.25) is 5.91 Å². The maximum absolute atomic E-state index is 12.2. The number of amides is 1. The number of carbonyl (C=O) groups is 2. The number of hydrogen-bond acceptors (Lipinski definition) is 3. The summed E-state index contributed by atoms with van der Waals surface area (Å²) in [6, 6.07) is 5.54. The molecule has 0 aromatic heterocycles. The summed E-state index contributed by atoms with van der Waals surface area (Å²) >= 11 is 0. The molecule has 1 aliphatic rings. The van der Waals surface area contributed by atoms with Crippen LogP contribution in [0.3, 0.4) is 0 Å². The van der Waals surface area contributed by atoms with Gasteiger partial charge in [-0.3, -0.25) is 9.59 Å². The number of nitrogens with zero attached hydrogens (tertiary/aromatic N) is 1. The molecule has 0 heterocycles. The molecule has 2 rings (SSSR count). The van der Waals surface area contributed by atoms with Crippen LogP contribution in [0, 0.1) is 5.92 Å². The summed E-state index contributed by atoms with van der Waals surface area (Å²) in [7, 11) is 0. The molecule has 1 unspecified atom stereocenters. The van der Waals surface area contributed by atoms with E-state index in [1.54, 1.807) is 18.2 Å². The predicted octanol–water partition coefficient (Wildman–Crippen LogP) is 2.06. The van der Waals surface area contributed by atoms with Gasteiger partial charge in [0.25, 0.3) is 0 Å². The second-order valence-electron chi connectivity index (χ2n) is 4.69. The highest BCUT2D eigenvalue weighted by Crippen LogP contribution is 2.27. The van der Waals surface area contributed by atoms with Crippen LogP contribution in [0.2, 0.25) is 0 Å². The van der Waals surface area contributed by atoms with E-state index in [2.05, 4.69) is 23.6 Å². The number of allylic oxidation sites excluding steroid dienone is 2. The fraction of sp³-hybridized carbons (Fsp3) is 0.188. The van der Waals surface area contributed by atoms with E-state index < -0.39 is 0 Å². The molecule has 0 fully saturated rings. The minimum atomic E-state index is -0.137. The summed E-state index contributed by atoms with van der Waals surface area (Å²) in [5.74, 6) is 0.172. The van der Waals surface area contributed by atoms with Gasteiger partial charge in [-0.05, 0) is 42.8 Å². The minimum absolute atomic E-state index is 0.0886. The number of hydrogen-bond donors (Lipinski definition) is 1. The van der Waals surface area contributed by atoms with Crippen molar-refractivity contribution in [3.05, 3.63) is 59.4 Å². The Balaban J connectivity index is 2.08. The molecule has 102 valence electrons. The summed E-state index contributed by atoms with van der Waals surface area (Å²) in [6.45, 7) is 6.96. The highest BCUT2D eigenvalue weighted by Gasteiger charge is 2.27. The average Bonchev–Trinajstić information content (AvgIpc) is 2.89. The number of benzene rings is 1. The van der Waals surface area contributed by atoms with Crippen molar-refractivity contribution >= 4 is 18.9 Å². The van der Waals surface area contributed by atoms with Crippen LogP contribution in [-0.2, 0) is 17.6 Å². The van der Waals surface area contributed by atoms with Crippen molar-refractivity contribution in [2.75, 3.05) is 0 Å². The van der Waals surface area contributed by atoms with E-state index in [0.29, 0.717) is 24.2 Å². The topological polar surface area (TPSA) is 58.5 Å². The molecule has 0 aliphatic heterocycles. The standard InChI is InChI=1S/C16H16N2O2/c1-3-4-15(17-2)18-16(20)14-8-12-6-5-11(10-19)7-13(12)9-14/h3-7,10,14H,1-2,8-9H2,(H,18,20)/b15-4+. The van der Waals surface area contributed by atoms with Crippen molar-refractivity contribution in [1.82, 2.24) is 5.32 Å². The lowest BCUT2D eigenvalue weighted by molar-refractivity contribution is -0.124. The highest BCUT2D eigenvalue weighted by atomic mass is 16.2. The first-order valence-corrected chi connectivity index (χ1v) is 6.35. The lowest BCUT2D eigenvalue weighted by Gasteiger charge is -2.09. The third-order valence-electron chi connectivity index (χ3n) is 3.37. The van der Waals surface area contributed by atoms with E-state index in [1.807, 2.05) is 12.1 Å². The van der Waals surface area contributed by atoms with Crippen molar-refractivity contribution in [2.24, 2.45) is 10.9 Å². The van der Waals surface area contributed by atoms with E-state index >= 15 is 0 Å². The molecule has 0 radical (unpaired) electrons. The average molecular weight is 268 g/mol. The molecule has 0 bridgehead atoms. The fourth-order valence-electron chi connectivity index (χ4n) is 2.37. The van der Waals surface area contributed by atoms with Gasteiger partial charge in [0.1, 0.15) is 12.1 Å². The molecule has 1 atom stereocenters. The maximum Gasteiger partial charge on any atom is 0.229 e. The van der Waals surface area contributed by atoms with Crippen molar-refractivity contribution < 1.29 is 9.59 Å².